The van der Waals surface area contributed by atoms with E-state index in [4.69, 9.17) is 11.5 Å². The van der Waals surface area contributed by atoms with Gasteiger partial charge in [-0.3, -0.25) is 29.0 Å². The van der Waals surface area contributed by atoms with Crippen molar-refractivity contribution in [2.45, 2.75) is 107 Å². The Morgan fingerprint density at radius 2 is 1.82 bits per heavy atom. The Morgan fingerprint density at radius 1 is 1.09 bits per heavy atom. The van der Waals surface area contributed by atoms with E-state index in [0.29, 0.717) is 32.2 Å². The molecule has 2 fully saturated rings. The van der Waals surface area contributed by atoms with Crippen molar-refractivity contribution in [3.63, 3.8) is 0 Å². The van der Waals surface area contributed by atoms with Crippen LogP contribution in [-0.4, -0.2) is 123 Å². The maximum absolute atomic E-state index is 14.3. The molecule has 19 heteroatoms. The summed E-state index contributed by atoms with van der Waals surface area (Å²) in [6.07, 6.45) is 3.73. The molecule has 2 aliphatic rings. The third-order valence-electron chi connectivity index (χ3n) is 9.87. The van der Waals surface area contributed by atoms with Gasteiger partial charge in [-0.2, -0.15) is 0 Å². The quantitative estimate of drug-likeness (QED) is 0.0549. The Hall–Kier alpha value is -4.49. The zero-order chi connectivity index (χ0) is 41.2. The number of hydrogen-bond donors (Lipinski definition) is 9. The molecule has 308 valence electrons. The fourth-order valence-electron chi connectivity index (χ4n) is 6.91. The fraction of sp³-hybridized carbons (Fsp3) is 0.595. The molecule has 17 nitrogen and oxygen atoms in total. The Balaban J connectivity index is 1.70. The number of carboxylic acid groups (broad SMARTS) is 1. The van der Waals surface area contributed by atoms with Gasteiger partial charge in [-0.05, 0) is 70.5 Å². The number of fused-ring (bicyclic) bond motifs is 2. The van der Waals surface area contributed by atoms with Gasteiger partial charge in [0.05, 0.1) is 6.04 Å². The van der Waals surface area contributed by atoms with E-state index in [2.05, 4.69) is 36.6 Å². The number of nitrogens with two attached hydrogens (primary N) is 2. The first kappa shape index (κ1) is 44.2. The summed E-state index contributed by atoms with van der Waals surface area (Å²) in [6, 6.07) is 1.22. The van der Waals surface area contributed by atoms with Crippen molar-refractivity contribution in [2.75, 3.05) is 25.9 Å². The van der Waals surface area contributed by atoms with Crippen LogP contribution in [0.5, 0.6) is 0 Å². The van der Waals surface area contributed by atoms with Gasteiger partial charge in [0.1, 0.15) is 30.2 Å². The molecule has 2 aliphatic heterocycles. The summed E-state index contributed by atoms with van der Waals surface area (Å²) in [5.41, 5.74) is 12.4. The molecular weight excluding hydrogens is 761 g/mol. The predicted molar refractivity (Wildman–Crippen MR) is 218 cm³/mol. The smallest absolute Gasteiger partial charge is 0.326 e. The standard InChI is InChI=1S/C37H56N10O7S2/c1-20(2)16-26(35(53)54)44-33(51)29-37(3,4)56-55-19-27(45-30(48)24(40-5)12-8-14-41-36(38)39)34(52)47-15-9-13-28(47)32(50)43-25(31(49)46-29)17-21-18-42-23-11-7-6-10-22(21)23/h6-7,10-11,18,20,24-29,40,42H,8-9,12-17,19H2,1-5H3,(H,43,50)(H,44,51)(H,45,48)(H,46,49)(H,53,54)(H4,38,39,41)/t24-,25-,26-,27-,28-,29+/m0/s1. The highest BCUT2D eigenvalue weighted by atomic mass is 33.1. The van der Waals surface area contributed by atoms with Gasteiger partial charge in [0.25, 0.3) is 0 Å². The number of nitrogens with one attached hydrogen (secondary N) is 6. The molecule has 0 bridgehead atoms. The number of carboxylic acids is 1. The molecule has 0 aliphatic carbocycles. The van der Waals surface area contributed by atoms with Crippen LogP contribution in [0, 0.1) is 5.92 Å². The predicted octanol–water partition coefficient (Wildman–Crippen LogP) is 0.587. The van der Waals surface area contributed by atoms with Gasteiger partial charge in [-0.1, -0.05) is 53.6 Å². The first-order valence-corrected chi connectivity index (χ1v) is 21.2. The van der Waals surface area contributed by atoms with E-state index in [1.165, 1.54) is 26.5 Å². The summed E-state index contributed by atoms with van der Waals surface area (Å²) >= 11 is 0. The lowest BCUT2D eigenvalue weighted by Gasteiger charge is -2.36. The first-order valence-electron chi connectivity index (χ1n) is 18.8. The van der Waals surface area contributed by atoms with Crippen molar-refractivity contribution >= 4 is 74.0 Å². The summed E-state index contributed by atoms with van der Waals surface area (Å²) in [5, 5.41) is 25.1. The lowest BCUT2D eigenvalue weighted by Crippen LogP contribution is -2.63. The number of guanidine groups is 1. The molecule has 3 heterocycles. The number of rotatable bonds is 14. The van der Waals surface area contributed by atoms with E-state index >= 15 is 0 Å². The second kappa shape index (κ2) is 20.1. The third-order valence-corrected chi connectivity index (χ3v) is 13.2. The van der Waals surface area contributed by atoms with Crippen LogP contribution < -0.4 is 38.1 Å². The van der Waals surface area contributed by atoms with Gasteiger partial charge in [0.2, 0.25) is 29.5 Å². The van der Waals surface area contributed by atoms with Gasteiger partial charge in [0, 0.05) is 47.1 Å². The molecule has 4 rings (SSSR count). The van der Waals surface area contributed by atoms with Crippen LogP contribution in [0.15, 0.2) is 35.5 Å². The number of amides is 5. The minimum atomic E-state index is -1.28. The van der Waals surface area contributed by atoms with Crippen LogP contribution in [0.2, 0.25) is 0 Å². The molecule has 56 heavy (non-hydrogen) atoms. The normalized spacial score (nSPS) is 23.0. The molecular formula is C37H56N10O7S2. The third kappa shape index (κ3) is 11.8. The molecule has 2 aromatic rings. The highest BCUT2D eigenvalue weighted by molar-refractivity contribution is 8.77. The van der Waals surface area contributed by atoms with Crippen LogP contribution in [0.25, 0.3) is 10.9 Å². The van der Waals surface area contributed by atoms with E-state index in [-0.39, 0.29) is 37.0 Å². The summed E-state index contributed by atoms with van der Waals surface area (Å²) in [6.45, 7) is 7.74. The number of benzene rings is 1. The monoisotopic (exact) mass is 816 g/mol. The number of nitrogens with zero attached hydrogens (tertiary/aromatic N) is 2. The number of hydrogen-bond acceptors (Lipinski definition) is 10. The topological polar surface area (TPSA) is 266 Å². The molecule has 2 saturated heterocycles. The summed E-state index contributed by atoms with van der Waals surface area (Å²) < 4.78 is -1.10. The summed E-state index contributed by atoms with van der Waals surface area (Å²) in [5.74, 6) is -4.02. The molecule has 5 amide bonds. The Bertz CT molecular complexity index is 1770. The van der Waals surface area contributed by atoms with E-state index in [9.17, 15) is 33.9 Å². The number of aromatic amines is 1. The summed E-state index contributed by atoms with van der Waals surface area (Å²) in [7, 11) is 4.07. The van der Waals surface area contributed by atoms with E-state index in [1.807, 2.05) is 38.1 Å². The van der Waals surface area contributed by atoms with Gasteiger partial charge >= 0.3 is 5.97 Å². The molecule has 0 saturated carbocycles. The second-order valence-corrected chi connectivity index (χ2v) is 18.1. The fourth-order valence-corrected chi connectivity index (χ4v) is 9.71. The number of aliphatic imine (C=N–C) groups is 1. The van der Waals surface area contributed by atoms with Crippen molar-refractivity contribution in [1.82, 2.24) is 36.5 Å². The van der Waals surface area contributed by atoms with Gasteiger partial charge < -0.3 is 53.0 Å². The highest BCUT2D eigenvalue weighted by Gasteiger charge is 2.44. The average Bonchev–Trinajstić information content (AvgIpc) is 3.79. The Labute approximate surface area is 334 Å². The van der Waals surface area contributed by atoms with Gasteiger partial charge in [0.15, 0.2) is 5.96 Å². The largest absolute Gasteiger partial charge is 0.480 e. The SMILES string of the molecule is CN[C@@H](CCCN=C(N)N)C(=O)N[C@H]1CSSC(C)(C)[C@@H](C(=O)N[C@@H](CC(C)C)C(=O)O)NC(=O)[C@H](Cc2c[nH]c3ccccc23)NC(=O)[C@@H]2CCCN2C1=O. The van der Waals surface area contributed by atoms with Crippen molar-refractivity contribution in [2.24, 2.45) is 22.4 Å². The minimum Gasteiger partial charge on any atom is -0.480 e. The van der Waals surface area contributed by atoms with Gasteiger partial charge in [-0.25, -0.2) is 4.79 Å². The first-order chi connectivity index (χ1) is 26.5. The lowest BCUT2D eigenvalue weighted by molar-refractivity contribution is -0.143. The minimum absolute atomic E-state index is 0.0516. The number of carbonyl (C=O) groups is 6. The van der Waals surface area contributed by atoms with E-state index in [1.54, 1.807) is 27.1 Å². The molecule has 6 atom stereocenters. The lowest BCUT2D eigenvalue weighted by atomic mass is 9.98. The number of aliphatic carboxylic acids is 1. The molecule has 0 unspecified atom stereocenters. The zero-order valence-electron chi connectivity index (χ0n) is 32.6. The zero-order valence-corrected chi connectivity index (χ0v) is 34.2. The van der Waals surface area contributed by atoms with Crippen LogP contribution in [-0.2, 0) is 35.2 Å². The van der Waals surface area contributed by atoms with Crippen molar-refractivity contribution in [3.8, 4) is 0 Å². The highest BCUT2D eigenvalue weighted by Crippen LogP contribution is 2.39. The maximum Gasteiger partial charge on any atom is 0.326 e. The van der Waals surface area contributed by atoms with Crippen LogP contribution >= 0.6 is 21.6 Å². The van der Waals surface area contributed by atoms with Gasteiger partial charge in [-0.15, -0.1) is 0 Å². The molecule has 1 aromatic carbocycles. The van der Waals surface area contributed by atoms with Crippen molar-refractivity contribution < 1.29 is 33.9 Å². The second-order valence-electron chi connectivity index (χ2n) is 15.1. The molecule has 11 N–H and O–H groups in total. The van der Waals surface area contributed by atoms with Crippen LogP contribution in [0.4, 0.5) is 0 Å². The number of likely N-dealkylation sites (N-methyl/N-ethyl adjacent to an activating group) is 1. The number of aromatic nitrogens is 1. The van der Waals surface area contributed by atoms with Crippen LogP contribution in [0.3, 0.4) is 0 Å². The maximum atomic E-state index is 14.3. The van der Waals surface area contributed by atoms with Crippen molar-refractivity contribution in [1.29, 1.82) is 0 Å². The van der Waals surface area contributed by atoms with E-state index in [0.717, 1.165) is 16.5 Å². The van der Waals surface area contributed by atoms with E-state index < -0.39 is 76.5 Å². The summed E-state index contributed by atoms with van der Waals surface area (Å²) in [4.78, 5) is 91.3. The molecule has 0 spiro atoms. The number of carbonyl (C=O) groups excluding carboxylic acids is 5. The molecule has 1 aromatic heterocycles. The number of H-pyrrole nitrogens is 1. The number of para-hydroxylation sites is 1. The molecule has 0 radical (unpaired) electrons. The van der Waals surface area contributed by atoms with Crippen molar-refractivity contribution in [3.05, 3.63) is 36.0 Å². The van der Waals surface area contributed by atoms with Crippen LogP contribution in [0.1, 0.15) is 65.4 Å². The average molecular weight is 817 g/mol. The Morgan fingerprint density at radius 3 is 2.50 bits per heavy atom. The Kier molecular flexibility index (Phi) is 15.9.